The van der Waals surface area contributed by atoms with Gasteiger partial charge in [-0.3, -0.25) is 0 Å². The molecule has 80 valence electrons. The van der Waals surface area contributed by atoms with E-state index in [-0.39, 0.29) is 6.10 Å². The standard InChI is InChI=1S/C12H15NOS/c1-8(2)14-6-9-7-15-12-10(9)4-3-5-11(12)13/h3-5,7-8H,6,13H2,1-2H3. The Morgan fingerprint density at radius 2 is 2.20 bits per heavy atom. The van der Waals surface area contributed by atoms with Gasteiger partial charge in [0.15, 0.2) is 0 Å². The highest BCUT2D eigenvalue weighted by atomic mass is 32.1. The van der Waals surface area contributed by atoms with Gasteiger partial charge in [0.05, 0.1) is 17.4 Å². The monoisotopic (exact) mass is 221 g/mol. The minimum atomic E-state index is 0.265. The second kappa shape index (κ2) is 4.21. The van der Waals surface area contributed by atoms with Gasteiger partial charge in [-0.25, -0.2) is 0 Å². The van der Waals surface area contributed by atoms with Gasteiger partial charge in [-0.05, 0) is 30.9 Å². The zero-order valence-corrected chi connectivity index (χ0v) is 9.80. The summed E-state index contributed by atoms with van der Waals surface area (Å²) in [6.45, 7) is 4.76. The van der Waals surface area contributed by atoms with E-state index < -0.39 is 0 Å². The molecule has 3 heteroatoms. The van der Waals surface area contributed by atoms with Crippen molar-refractivity contribution in [3.05, 3.63) is 29.1 Å². The Kier molecular flexibility index (Phi) is 2.93. The van der Waals surface area contributed by atoms with Crippen LogP contribution in [0.3, 0.4) is 0 Å². The van der Waals surface area contributed by atoms with E-state index in [1.165, 1.54) is 15.6 Å². The van der Waals surface area contributed by atoms with E-state index in [0.29, 0.717) is 6.61 Å². The summed E-state index contributed by atoms with van der Waals surface area (Å²) in [5, 5.41) is 3.35. The Bertz CT molecular complexity index is 462. The van der Waals surface area contributed by atoms with Gasteiger partial charge in [0.1, 0.15) is 0 Å². The molecule has 0 unspecified atom stereocenters. The van der Waals surface area contributed by atoms with Gasteiger partial charge in [-0.15, -0.1) is 11.3 Å². The van der Waals surface area contributed by atoms with E-state index >= 15 is 0 Å². The van der Waals surface area contributed by atoms with Gasteiger partial charge in [0.2, 0.25) is 0 Å². The SMILES string of the molecule is CC(C)OCc1csc2c(N)cccc12. The Hall–Kier alpha value is -1.06. The number of ether oxygens (including phenoxy) is 1. The molecule has 0 spiro atoms. The van der Waals surface area contributed by atoms with E-state index in [4.69, 9.17) is 10.5 Å². The highest BCUT2D eigenvalue weighted by Crippen LogP contribution is 2.30. The Morgan fingerprint density at radius 1 is 1.40 bits per heavy atom. The van der Waals surface area contributed by atoms with E-state index in [2.05, 4.69) is 11.4 Å². The number of thiophene rings is 1. The van der Waals surface area contributed by atoms with Crippen molar-refractivity contribution in [3.63, 3.8) is 0 Å². The highest BCUT2D eigenvalue weighted by Gasteiger charge is 2.06. The summed E-state index contributed by atoms with van der Waals surface area (Å²) < 4.78 is 6.77. The molecule has 0 aliphatic rings. The first-order valence-corrected chi connectivity index (χ1v) is 5.92. The van der Waals surface area contributed by atoms with Crippen molar-refractivity contribution in [3.8, 4) is 0 Å². The lowest BCUT2D eigenvalue weighted by molar-refractivity contribution is 0.0666. The molecular weight excluding hydrogens is 206 g/mol. The van der Waals surface area contributed by atoms with Gasteiger partial charge in [-0.2, -0.15) is 0 Å². The molecule has 0 atom stereocenters. The maximum Gasteiger partial charge on any atom is 0.0734 e. The molecule has 2 aromatic rings. The largest absolute Gasteiger partial charge is 0.398 e. The van der Waals surface area contributed by atoms with Crippen LogP contribution in [-0.2, 0) is 11.3 Å². The second-order valence-corrected chi connectivity index (χ2v) is 4.72. The molecule has 2 N–H and O–H groups in total. The van der Waals surface area contributed by atoms with Crippen molar-refractivity contribution in [2.45, 2.75) is 26.6 Å². The maximum absolute atomic E-state index is 5.90. The minimum Gasteiger partial charge on any atom is -0.398 e. The molecule has 0 amide bonds. The lowest BCUT2D eigenvalue weighted by Crippen LogP contribution is -2.01. The molecule has 1 aromatic carbocycles. The van der Waals surface area contributed by atoms with E-state index in [1.54, 1.807) is 11.3 Å². The van der Waals surface area contributed by atoms with Crippen LogP contribution in [0.25, 0.3) is 10.1 Å². The normalized spacial score (nSPS) is 11.4. The summed E-state index contributed by atoms with van der Waals surface area (Å²) in [4.78, 5) is 0. The van der Waals surface area contributed by atoms with Crippen molar-refractivity contribution in [2.75, 3.05) is 5.73 Å². The molecule has 0 saturated carbocycles. The first-order chi connectivity index (χ1) is 7.18. The van der Waals surface area contributed by atoms with E-state index in [9.17, 15) is 0 Å². The summed E-state index contributed by atoms with van der Waals surface area (Å²) in [6.07, 6.45) is 0.265. The third kappa shape index (κ3) is 2.13. The topological polar surface area (TPSA) is 35.2 Å². The summed E-state index contributed by atoms with van der Waals surface area (Å²) >= 11 is 1.69. The molecule has 1 heterocycles. The first-order valence-electron chi connectivity index (χ1n) is 5.04. The molecule has 2 nitrogen and oxygen atoms in total. The van der Waals surface area contributed by atoms with Crippen LogP contribution in [0.4, 0.5) is 5.69 Å². The fraction of sp³-hybridized carbons (Fsp3) is 0.333. The van der Waals surface area contributed by atoms with Gasteiger partial charge in [0, 0.05) is 11.1 Å². The predicted molar refractivity (Wildman–Crippen MR) is 66.2 cm³/mol. The molecule has 0 bridgehead atoms. The fourth-order valence-corrected chi connectivity index (χ4v) is 2.49. The predicted octanol–water partition coefficient (Wildman–Crippen LogP) is 3.41. The average molecular weight is 221 g/mol. The van der Waals surface area contributed by atoms with Gasteiger partial charge >= 0.3 is 0 Å². The molecular formula is C12H15NOS. The van der Waals surface area contributed by atoms with Gasteiger partial charge in [0.25, 0.3) is 0 Å². The fourth-order valence-electron chi connectivity index (χ4n) is 1.50. The van der Waals surface area contributed by atoms with Crippen LogP contribution in [-0.4, -0.2) is 6.10 Å². The van der Waals surface area contributed by atoms with Crippen LogP contribution in [0.1, 0.15) is 19.4 Å². The number of hydrogen-bond donors (Lipinski definition) is 1. The van der Waals surface area contributed by atoms with Crippen LogP contribution in [0.15, 0.2) is 23.6 Å². The second-order valence-electron chi connectivity index (χ2n) is 3.84. The van der Waals surface area contributed by atoms with E-state index in [0.717, 1.165) is 5.69 Å². The minimum absolute atomic E-state index is 0.265. The van der Waals surface area contributed by atoms with Crippen LogP contribution >= 0.6 is 11.3 Å². The quantitative estimate of drug-likeness (QED) is 0.806. The zero-order chi connectivity index (χ0) is 10.8. The number of benzene rings is 1. The highest BCUT2D eigenvalue weighted by molar-refractivity contribution is 7.18. The lowest BCUT2D eigenvalue weighted by atomic mass is 10.2. The van der Waals surface area contributed by atoms with Crippen LogP contribution < -0.4 is 5.73 Å². The van der Waals surface area contributed by atoms with Crippen molar-refractivity contribution in [2.24, 2.45) is 0 Å². The Balaban J connectivity index is 2.33. The molecule has 15 heavy (non-hydrogen) atoms. The first kappa shape index (κ1) is 10.5. The van der Waals surface area contributed by atoms with Crippen molar-refractivity contribution in [1.29, 1.82) is 0 Å². The molecule has 0 aliphatic carbocycles. The van der Waals surface area contributed by atoms with Crippen LogP contribution in [0.5, 0.6) is 0 Å². The molecule has 2 rings (SSSR count). The summed E-state index contributed by atoms with van der Waals surface area (Å²) in [5.74, 6) is 0. The summed E-state index contributed by atoms with van der Waals surface area (Å²) in [6, 6.07) is 6.02. The zero-order valence-electron chi connectivity index (χ0n) is 8.99. The van der Waals surface area contributed by atoms with Crippen molar-refractivity contribution >= 4 is 27.1 Å². The molecule has 0 aliphatic heterocycles. The number of anilines is 1. The number of nitrogen functional groups attached to an aromatic ring is 1. The molecule has 0 fully saturated rings. The van der Waals surface area contributed by atoms with Crippen molar-refractivity contribution in [1.82, 2.24) is 0 Å². The smallest absolute Gasteiger partial charge is 0.0734 e. The molecule has 0 radical (unpaired) electrons. The summed E-state index contributed by atoms with van der Waals surface area (Å²) in [7, 11) is 0. The third-order valence-electron chi connectivity index (χ3n) is 2.28. The summed E-state index contributed by atoms with van der Waals surface area (Å²) in [5.41, 5.74) is 7.98. The number of nitrogens with two attached hydrogens (primary N) is 1. The molecule has 1 aromatic heterocycles. The molecule has 0 saturated heterocycles. The Labute approximate surface area is 93.7 Å². The van der Waals surface area contributed by atoms with Crippen LogP contribution in [0, 0.1) is 0 Å². The van der Waals surface area contributed by atoms with Crippen molar-refractivity contribution < 1.29 is 4.74 Å². The number of fused-ring (bicyclic) bond motifs is 1. The average Bonchev–Trinajstić information content (AvgIpc) is 2.59. The third-order valence-corrected chi connectivity index (χ3v) is 3.38. The van der Waals surface area contributed by atoms with Crippen LogP contribution in [0.2, 0.25) is 0 Å². The number of rotatable bonds is 3. The van der Waals surface area contributed by atoms with Gasteiger partial charge in [-0.1, -0.05) is 12.1 Å². The van der Waals surface area contributed by atoms with Gasteiger partial charge < -0.3 is 10.5 Å². The Morgan fingerprint density at radius 3 is 2.93 bits per heavy atom. The maximum atomic E-state index is 5.90. The number of hydrogen-bond acceptors (Lipinski definition) is 3. The lowest BCUT2D eigenvalue weighted by Gasteiger charge is -2.06. The van der Waals surface area contributed by atoms with E-state index in [1.807, 2.05) is 26.0 Å².